The second kappa shape index (κ2) is 9.43. The summed E-state index contributed by atoms with van der Waals surface area (Å²) in [5.74, 6) is 0.190. The van der Waals surface area contributed by atoms with Gasteiger partial charge in [-0.1, -0.05) is 31.9 Å². The molecule has 0 aliphatic carbocycles. The highest BCUT2D eigenvalue weighted by atomic mass is 19.4. The Morgan fingerprint density at radius 3 is 2.48 bits per heavy atom. The third kappa shape index (κ3) is 5.48. The Morgan fingerprint density at radius 2 is 1.81 bits per heavy atom. The van der Waals surface area contributed by atoms with Gasteiger partial charge < -0.3 is 14.4 Å². The Hall–Kier alpha value is -2.51. The summed E-state index contributed by atoms with van der Waals surface area (Å²) in [5, 5.41) is 0. The van der Waals surface area contributed by atoms with E-state index < -0.39 is 11.7 Å². The number of halogens is 3. The molecule has 1 heterocycles. The molecule has 1 aromatic heterocycles. The molecule has 0 atom stereocenters. The summed E-state index contributed by atoms with van der Waals surface area (Å²) >= 11 is 0. The zero-order valence-electron chi connectivity index (χ0n) is 15.7. The number of alkyl halides is 3. The van der Waals surface area contributed by atoms with Crippen molar-refractivity contribution < 1.29 is 22.6 Å². The van der Waals surface area contributed by atoms with Crippen molar-refractivity contribution in [2.75, 3.05) is 25.2 Å². The number of benzene rings is 1. The minimum absolute atomic E-state index is 0.0742. The van der Waals surface area contributed by atoms with Gasteiger partial charge in [-0.25, -0.2) is 4.98 Å². The van der Waals surface area contributed by atoms with E-state index in [0.717, 1.165) is 25.5 Å². The van der Waals surface area contributed by atoms with Crippen LogP contribution in [-0.4, -0.2) is 30.2 Å². The first kappa shape index (κ1) is 20.8. The Kier molecular flexibility index (Phi) is 7.27. The lowest BCUT2D eigenvalue weighted by molar-refractivity contribution is -0.137. The van der Waals surface area contributed by atoms with Crippen LogP contribution in [0.3, 0.4) is 0 Å². The smallest absolute Gasteiger partial charge is 0.421 e. The molecule has 0 saturated heterocycles. The molecule has 0 radical (unpaired) electrons. The predicted molar refractivity (Wildman–Crippen MR) is 97.7 cm³/mol. The number of nitrogens with zero attached hydrogens (tertiary/aromatic N) is 3. The summed E-state index contributed by atoms with van der Waals surface area (Å²) in [6, 6.07) is 6.79. The number of ether oxygens (including phenoxy) is 2. The molecule has 0 bridgehead atoms. The largest absolute Gasteiger partial charge is 0.492 e. The van der Waals surface area contributed by atoms with E-state index in [1.165, 1.54) is 11.9 Å². The predicted octanol–water partition coefficient (Wildman–Crippen LogP) is 5.23. The highest BCUT2D eigenvalue weighted by Gasteiger charge is 2.37. The molecule has 1 aromatic carbocycles. The number of hydrogen-bond donors (Lipinski definition) is 0. The monoisotopic (exact) mass is 383 g/mol. The zero-order chi connectivity index (χ0) is 19.9. The van der Waals surface area contributed by atoms with Crippen LogP contribution in [0.4, 0.5) is 24.7 Å². The van der Waals surface area contributed by atoms with Crippen molar-refractivity contribution in [1.29, 1.82) is 0 Å². The summed E-state index contributed by atoms with van der Waals surface area (Å²) in [5.41, 5.74) is -0.460. The number of hydrogen-bond acceptors (Lipinski definition) is 5. The summed E-state index contributed by atoms with van der Waals surface area (Å²) in [7, 11) is 1.51. The van der Waals surface area contributed by atoms with Gasteiger partial charge in [0.25, 0.3) is 0 Å². The molecule has 0 aliphatic heterocycles. The van der Waals surface area contributed by atoms with Gasteiger partial charge in [0.05, 0.1) is 18.9 Å². The van der Waals surface area contributed by atoms with E-state index in [1.54, 1.807) is 24.3 Å². The fraction of sp³-hybridized carbons (Fsp3) is 0.474. The molecule has 148 valence electrons. The van der Waals surface area contributed by atoms with Gasteiger partial charge in [0.15, 0.2) is 5.82 Å². The topological polar surface area (TPSA) is 47.5 Å². The van der Waals surface area contributed by atoms with Gasteiger partial charge in [0.1, 0.15) is 11.3 Å². The SMILES string of the molecule is CCCCCOc1ncc(C(F)(F)F)c(N(C)c2ccccc2OCC)n1. The maximum atomic E-state index is 13.5. The second-order valence-corrected chi connectivity index (χ2v) is 5.90. The zero-order valence-corrected chi connectivity index (χ0v) is 15.7. The van der Waals surface area contributed by atoms with Gasteiger partial charge >= 0.3 is 12.2 Å². The fourth-order valence-electron chi connectivity index (χ4n) is 2.52. The molecule has 0 N–H and O–H groups in total. The summed E-state index contributed by atoms with van der Waals surface area (Å²) in [6.45, 7) is 4.62. The van der Waals surface area contributed by atoms with Gasteiger partial charge in [-0.05, 0) is 25.5 Å². The van der Waals surface area contributed by atoms with E-state index in [4.69, 9.17) is 9.47 Å². The molecule has 8 heteroatoms. The van der Waals surface area contributed by atoms with Crippen molar-refractivity contribution in [2.24, 2.45) is 0 Å². The minimum atomic E-state index is -4.59. The van der Waals surface area contributed by atoms with Crippen molar-refractivity contribution in [2.45, 2.75) is 39.3 Å². The average Bonchev–Trinajstić information content (AvgIpc) is 2.64. The number of unbranched alkanes of at least 4 members (excludes halogenated alkanes) is 2. The van der Waals surface area contributed by atoms with E-state index in [1.807, 2.05) is 6.92 Å². The van der Waals surface area contributed by atoms with E-state index in [0.29, 0.717) is 24.7 Å². The van der Waals surface area contributed by atoms with Crippen LogP contribution in [0.5, 0.6) is 11.8 Å². The molecule has 0 spiro atoms. The molecule has 0 saturated carbocycles. The van der Waals surface area contributed by atoms with Gasteiger partial charge in [-0.3, -0.25) is 0 Å². The number of para-hydroxylation sites is 2. The lowest BCUT2D eigenvalue weighted by Crippen LogP contribution is -2.20. The highest BCUT2D eigenvalue weighted by molar-refractivity contribution is 5.68. The quantitative estimate of drug-likeness (QED) is 0.555. The van der Waals surface area contributed by atoms with E-state index in [9.17, 15) is 13.2 Å². The second-order valence-electron chi connectivity index (χ2n) is 5.90. The molecule has 5 nitrogen and oxygen atoms in total. The van der Waals surface area contributed by atoms with Crippen molar-refractivity contribution in [3.63, 3.8) is 0 Å². The standard InChI is InChI=1S/C19H24F3N3O2/c1-4-6-9-12-27-18-23-13-14(19(20,21)22)17(24-18)25(3)15-10-7-8-11-16(15)26-5-2/h7-8,10-11,13H,4-6,9,12H2,1-3H3. The first-order valence-electron chi connectivity index (χ1n) is 8.91. The Balaban J connectivity index is 2.39. The lowest BCUT2D eigenvalue weighted by atomic mass is 10.2. The van der Waals surface area contributed by atoms with Crippen molar-refractivity contribution in [3.05, 3.63) is 36.0 Å². The first-order chi connectivity index (χ1) is 12.9. The Labute approximate surface area is 157 Å². The van der Waals surface area contributed by atoms with Gasteiger partial charge in [0.2, 0.25) is 0 Å². The fourth-order valence-corrected chi connectivity index (χ4v) is 2.52. The Morgan fingerprint density at radius 1 is 1.07 bits per heavy atom. The van der Waals surface area contributed by atoms with E-state index in [-0.39, 0.29) is 11.8 Å². The number of aromatic nitrogens is 2. The lowest BCUT2D eigenvalue weighted by Gasteiger charge is -2.24. The normalized spacial score (nSPS) is 11.3. The summed E-state index contributed by atoms with van der Waals surface area (Å²) < 4.78 is 51.4. The molecule has 0 aliphatic rings. The molecular weight excluding hydrogens is 359 g/mol. The van der Waals surface area contributed by atoms with Crippen LogP contribution in [0.25, 0.3) is 0 Å². The number of rotatable bonds is 9. The van der Waals surface area contributed by atoms with Crippen molar-refractivity contribution in [1.82, 2.24) is 9.97 Å². The third-order valence-electron chi connectivity index (χ3n) is 3.88. The van der Waals surface area contributed by atoms with Crippen LogP contribution in [0, 0.1) is 0 Å². The van der Waals surface area contributed by atoms with Gasteiger partial charge in [-0.15, -0.1) is 0 Å². The van der Waals surface area contributed by atoms with Crippen LogP contribution >= 0.6 is 0 Å². The molecule has 2 rings (SSSR count). The Bertz CT molecular complexity index is 738. The van der Waals surface area contributed by atoms with Gasteiger partial charge in [-0.2, -0.15) is 18.2 Å². The first-order valence-corrected chi connectivity index (χ1v) is 8.91. The van der Waals surface area contributed by atoms with E-state index in [2.05, 4.69) is 16.9 Å². The van der Waals surface area contributed by atoms with Crippen LogP contribution in [0.15, 0.2) is 30.5 Å². The molecular formula is C19H24F3N3O2. The average molecular weight is 383 g/mol. The maximum absolute atomic E-state index is 13.5. The third-order valence-corrected chi connectivity index (χ3v) is 3.88. The highest BCUT2D eigenvalue weighted by Crippen LogP contribution is 2.40. The van der Waals surface area contributed by atoms with E-state index >= 15 is 0 Å². The summed E-state index contributed by atoms with van der Waals surface area (Å²) in [4.78, 5) is 9.10. The molecule has 0 unspecified atom stereocenters. The van der Waals surface area contributed by atoms with Crippen LogP contribution in [0.2, 0.25) is 0 Å². The maximum Gasteiger partial charge on any atom is 0.421 e. The summed E-state index contributed by atoms with van der Waals surface area (Å²) in [6.07, 6.45) is -1.06. The molecule has 27 heavy (non-hydrogen) atoms. The number of anilines is 2. The molecule has 0 fully saturated rings. The van der Waals surface area contributed by atoms with Gasteiger partial charge in [0, 0.05) is 13.2 Å². The minimum Gasteiger partial charge on any atom is -0.492 e. The molecule has 2 aromatic rings. The van der Waals surface area contributed by atoms with Crippen LogP contribution in [0.1, 0.15) is 38.7 Å². The van der Waals surface area contributed by atoms with Crippen molar-refractivity contribution in [3.8, 4) is 11.8 Å². The van der Waals surface area contributed by atoms with Crippen molar-refractivity contribution >= 4 is 11.5 Å². The van der Waals surface area contributed by atoms with Crippen LogP contribution < -0.4 is 14.4 Å². The molecule has 0 amide bonds. The van der Waals surface area contributed by atoms with Crippen LogP contribution in [-0.2, 0) is 6.18 Å².